The molecule has 0 heterocycles. The van der Waals surface area contributed by atoms with Gasteiger partial charge in [0.15, 0.2) is 6.07 Å². The Kier molecular flexibility index (Phi) is 7.61. The van der Waals surface area contributed by atoms with Crippen molar-refractivity contribution < 1.29 is 33.3 Å². The van der Waals surface area contributed by atoms with Gasteiger partial charge in [-0.05, 0) is 40.0 Å². The van der Waals surface area contributed by atoms with Crippen LogP contribution in [0.5, 0.6) is 0 Å². The van der Waals surface area contributed by atoms with Crippen LogP contribution in [0.1, 0.15) is 52.9 Å². The molecule has 132 valence electrons. The molecule has 0 spiro atoms. The summed E-state index contributed by atoms with van der Waals surface area (Å²) in [5.74, 6) is -0.985. The van der Waals surface area contributed by atoms with Gasteiger partial charge in [0, 0.05) is 0 Å². The van der Waals surface area contributed by atoms with Crippen LogP contribution in [0.3, 0.4) is 0 Å². The third kappa shape index (κ3) is 8.06. The normalized spacial score (nSPS) is 20.7. The molecule has 0 aromatic heterocycles. The number of carbonyl (C=O) groups is 3. The molecule has 0 amide bonds. The van der Waals surface area contributed by atoms with Crippen molar-refractivity contribution >= 4 is 29.7 Å². The van der Waals surface area contributed by atoms with Crippen LogP contribution in [0.15, 0.2) is 0 Å². The van der Waals surface area contributed by atoms with Crippen LogP contribution in [0.4, 0.5) is 4.79 Å². The van der Waals surface area contributed by atoms with Gasteiger partial charge in [-0.15, -0.1) is 0 Å². The minimum Gasteiger partial charge on any atom is -0.460 e. The molecule has 0 aromatic rings. The van der Waals surface area contributed by atoms with E-state index in [-0.39, 0.29) is 18.9 Å². The molecule has 8 heteroatoms. The first kappa shape index (κ1) is 19.5. The van der Waals surface area contributed by atoms with Crippen LogP contribution in [0.25, 0.3) is 0 Å². The predicted octanol–water partition coefficient (Wildman–Crippen LogP) is 2.92. The third-order valence-corrected chi connectivity index (χ3v) is 3.16. The molecule has 0 aromatic carbocycles. The van der Waals surface area contributed by atoms with Crippen molar-refractivity contribution in [2.45, 2.75) is 70.7 Å². The average molecular weight is 351 g/mol. The zero-order valence-corrected chi connectivity index (χ0v) is 14.4. The van der Waals surface area contributed by atoms with Gasteiger partial charge in [0.25, 0.3) is 0 Å². The number of halogens is 1. The summed E-state index contributed by atoms with van der Waals surface area (Å²) in [5, 5.41) is 0. The molecule has 0 saturated heterocycles. The molecular formula is C15H23ClO7. The fourth-order valence-electron chi connectivity index (χ4n) is 2.19. The van der Waals surface area contributed by atoms with Gasteiger partial charge in [0.05, 0.1) is 12.8 Å². The lowest BCUT2D eigenvalue weighted by atomic mass is 10.2. The molecular weight excluding hydrogens is 328 g/mol. The van der Waals surface area contributed by atoms with Gasteiger partial charge in [0.2, 0.25) is 0 Å². The van der Waals surface area contributed by atoms with E-state index in [1.165, 1.54) is 0 Å². The van der Waals surface area contributed by atoms with Gasteiger partial charge in [-0.2, -0.15) is 0 Å². The van der Waals surface area contributed by atoms with Crippen molar-refractivity contribution in [1.29, 1.82) is 0 Å². The highest BCUT2D eigenvalue weighted by Crippen LogP contribution is 2.26. The van der Waals surface area contributed by atoms with E-state index in [9.17, 15) is 14.4 Å². The molecule has 0 aliphatic heterocycles. The van der Waals surface area contributed by atoms with E-state index in [2.05, 4.69) is 4.74 Å². The quantitative estimate of drug-likeness (QED) is 0.413. The molecule has 23 heavy (non-hydrogen) atoms. The lowest BCUT2D eigenvalue weighted by molar-refractivity contribution is -0.161. The number of esters is 2. The monoisotopic (exact) mass is 350 g/mol. The van der Waals surface area contributed by atoms with E-state index >= 15 is 0 Å². The summed E-state index contributed by atoms with van der Waals surface area (Å²) in [6, 6.07) is -0.300. The Morgan fingerprint density at radius 1 is 1.00 bits per heavy atom. The second-order valence-corrected chi connectivity index (χ2v) is 6.42. The van der Waals surface area contributed by atoms with Crippen LogP contribution >= 0.6 is 11.6 Å². The molecule has 7 nitrogen and oxygen atoms in total. The number of carbonyl (C=O) groups excluding carboxylic acids is 3. The van der Waals surface area contributed by atoms with Crippen LogP contribution in [-0.2, 0) is 28.5 Å². The SMILES string of the molecule is CC(C)(C)OC(=O)CCC(=O)O[C@H]1CCC[C@@H]1OC(=O)OCCl. The number of hydrogen-bond donors (Lipinski definition) is 0. The summed E-state index contributed by atoms with van der Waals surface area (Å²) in [6.07, 6.45) is -0.143. The standard InChI is InChI=1S/C15H23ClO7/c1-15(2,3)23-13(18)8-7-12(17)21-10-5-4-6-11(10)22-14(19)20-9-16/h10-11H,4-9H2,1-3H3/t10-,11-/m0/s1. The van der Waals surface area contributed by atoms with E-state index in [1.54, 1.807) is 20.8 Å². The fourth-order valence-corrected chi connectivity index (χ4v) is 2.28. The van der Waals surface area contributed by atoms with Crippen molar-refractivity contribution in [2.75, 3.05) is 6.07 Å². The molecule has 1 aliphatic rings. The van der Waals surface area contributed by atoms with E-state index in [4.69, 9.17) is 25.8 Å². The van der Waals surface area contributed by atoms with Gasteiger partial charge < -0.3 is 18.9 Å². The molecule has 1 aliphatic carbocycles. The Bertz CT molecular complexity index is 430. The summed E-state index contributed by atoms with van der Waals surface area (Å²) in [7, 11) is 0. The van der Waals surface area contributed by atoms with Gasteiger partial charge in [-0.1, -0.05) is 11.6 Å². The summed E-state index contributed by atoms with van der Waals surface area (Å²) in [4.78, 5) is 34.6. The highest BCUT2D eigenvalue weighted by molar-refractivity contribution is 6.17. The molecule has 0 unspecified atom stereocenters. The summed E-state index contributed by atoms with van der Waals surface area (Å²) in [6.45, 7) is 5.26. The minimum absolute atomic E-state index is 0.0529. The molecule has 1 saturated carbocycles. The van der Waals surface area contributed by atoms with Crippen LogP contribution in [0.2, 0.25) is 0 Å². The molecule has 1 fully saturated rings. The van der Waals surface area contributed by atoms with E-state index < -0.39 is 35.9 Å². The second kappa shape index (κ2) is 8.96. The Morgan fingerprint density at radius 2 is 1.57 bits per heavy atom. The van der Waals surface area contributed by atoms with Gasteiger partial charge in [-0.25, -0.2) is 4.79 Å². The third-order valence-electron chi connectivity index (χ3n) is 3.05. The van der Waals surface area contributed by atoms with Gasteiger partial charge in [0.1, 0.15) is 17.8 Å². The molecule has 2 atom stereocenters. The lowest BCUT2D eigenvalue weighted by Crippen LogP contribution is -2.31. The molecule has 0 N–H and O–H groups in total. The van der Waals surface area contributed by atoms with Crippen molar-refractivity contribution in [3.8, 4) is 0 Å². The van der Waals surface area contributed by atoms with Crippen molar-refractivity contribution in [3.05, 3.63) is 0 Å². The maximum Gasteiger partial charge on any atom is 0.509 e. The largest absolute Gasteiger partial charge is 0.509 e. The van der Waals surface area contributed by atoms with Gasteiger partial charge >= 0.3 is 18.1 Å². The molecule has 0 bridgehead atoms. The zero-order chi connectivity index (χ0) is 17.5. The number of hydrogen-bond acceptors (Lipinski definition) is 7. The highest BCUT2D eigenvalue weighted by atomic mass is 35.5. The van der Waals surface area contributed by atoms with Crippen LogP contribution in [-0.4, -0.2) is 42.0 Å². The Labute approximate surface area is 140 Å². The first-order valence-corrected chi connectivity index (χ1v) is 8.05. The maximum atomic E-state index is 11.8. The van der Waals surface area contributed by atoms with E-state index in [1.807, 2.05) is 0 Å². The first-order valence-electron chi connectivity index (χ1n) is 7.52. The van der Waals surface area contributed by atoms with Crippen molar-refractivity contribution in [1.82, 2.24) is 0 Å². The van der Waals surface area contributed by atoms with E-state index in [0.717, 1.165) is 6.42 Å². The Morgan fingerprint density at radius 3 is 2.13 bits per heavy atom. The summed E-state index contributed by atoms with van der Waals surface area (Å²) < 4.78 is 19.9. The Balaban J connectivity index is 2.35. The molecule has 0 radical (unpaired) electrons. The topological polar surface area (TPSA) is 88.1 Å². The summed E-state index contributed by atoms with van der Waals surface area (Å²) in [5.41, 5.74) is -0.589. The second-order valence-electron chi connectivity index (χ2n) is 6.21. The van der Waals surface area contributed by atoms with Crippen LogP contribution in [0, 0.1) is 0 Å². The maximum absolute atomic E-state index is 11.8. The lowest BCUT2D eigenvalue weighted by Gasteiger charge is -2.21. The van der Waals surface area contributed by atoms with E-state index in [0.29, 0.717) is 12.8 Å². The Hall–Kier alpha value is -1.50. The zero-order valence-electron chi connectivity index (χ0n) is 13.6. The van der Waals surface area contributed by atoms with Crippen LogP contribution < -0.4 is 0 Å². The number of ether oxygens (including phenoxy) is 4. The number of alkyl halides is 1. The fraction of sp³-hybridized carbons (Fsp3) is 0.800. The van der Waals surface area contributed by atoms with Gasteiger partial charge in [-0.3, -0.25) is 9.59 Å². The number of rotatable bonds is 6. The average Bonchev–Trinajstić information content (AvgIpc) is 2.82. The first-order chi connectivity index (χ1) is 10.7. The highest BCUT2D eigenvalue weighted by Gasteiger charge is 2.34. The minimum atomic E-state index is -0.887. The predicted molar refractivity (Wildman–Crippen MR) is 80.9 cm³/mol. The van der Waals surface area contributed by atoms with Crippen molar-refractivity contribution in [3.63, 3.8) is 0 Å². The smallest absolute Gasteiger partial charge is 0.460 e. The summed E-state index contributed by atoms with van der Waals surface area (Å²) >= 11 is 5.27. The molecule has 1 rings (SSSR count). The van der Waals surface area contributed by atoms with Crippen molar-refractivity contribution in [2.24, 2.45) is 0 Å².